The lowest BCUT2D eigenvalue weighted by Crippen LogP contribution is -2.45. The van der Waals surface area contributed by atoms with Crippen molar-refractivity contribution in [3.8, 4) is 0 Å². The van der Waals surface area contributed by atoms with Gasteiger partial charge in [-0.3, -0.25) is 18.7 Å². The maximum atomic E-state index is 12.9. The largest absolute Gasteiger partial charge is 0.341 e. The second-order valence-electron chi connectivity index (χ2n) is 6.18. The molecular formula is C18H23N3O3. The fourth-order valence-corrected chi connectivity index (χ4v) is 3.53. The molecule has 3 rings (SSSR count). The summed E-state index contributed by atoms with van der Waals surface area (Å²) in [7, 11) is 0. The van der Waals surface area contributed by atoms with E-state index in [1.807, 2.05) is 11.8 Å². The Morgan fingerprint density at radius 3 is 2.42 bits per heavy atom. The highest BCUT2D eigenvalue weighted by Gasteiger charge is 2.29. The summed E-state index contributed by atoms with van der Waals surface area (Å²) in [6.45, 7) is 5.45. The molecule has 0 aliphatic carbocycles. The number of nitrogens with zero attached hydrogens (tertiary/aromatic N) is 3. The number of aromatic nitrogens is 2. The number of hydrogen-bond donors (Lipinski definition) is 0. The van der Waals surface area contributed by atoms with Crippen LogP contribution in [0.25, 0.3) is 10.9 Å². The third-order valence-corrected chi connectivity index (χ3v) is 4.79. The molecule has 6 nitrogen and oxygen atoms in total. The van der Waals surface area contributed by atoms with Gasteiger partial charge in [-0.2, -0.15) is 0 Å². The molecule has 1 amide bonds. The van der Waals surface area contributed by atoms with Crippen LogP contribution in [0.4, 0.5) is 0 Å². The molecular weight excluding hydrogens is 306 g/mol. The Morgan fingerprint density at radius 1 is 1.12 bits per heavy atom. The van der Waals surface area contributed by atoms with Crippen molar-refractivity contribution in [1.82, 2.24) is 14.0 Å². The maximum absolute atomic E-state index is 12.9. The van der Waals surface area contributed by atoms with Crippen LogP contribution < -0.4 is 11.2 Å². The van der Waals surface area contributed by atoms with Crippen molar-refractivity contribution in [2.75, 3.05) is 13.1 Å². The van der Waals surface area contributed by atoms with E-state index in [-0.39, 0.29) is 18.0 Å². The van der Waals surface area contributed by atoms with E-state index >= 15 is 0 Å². The zero-order chi connectivity index (χ0) is 17.3. The van der Waals surface area contributed by atoms with Crippen molar-refractivity contribution in [3.63, 3.8) is 0 Å². The van der Waals surface area contributed by atoms with Gasteiger partial charge < -0.3 is 4.90 Å². The first-order valence-corrected chi connectivity index (χ1v) is 8.63. The van der Waals surface area contributed by atoms with Gasteiger partial charge in [0, 0.05) is 19.6 Å². The minimum absolute atomic E-state index is 0.0245. The van der Waals surface area contributed by atoms with Crippen molar-refractivity contribution in [2.45, 2.75) is 45.7 Å². The minimum Gasteiger partial charge on any atom is -0.341 e. The Bertz CT molecular complexity index is 875. The molecule has 1 fully saturated rings. The predicted octanol–water partition coefficient (Wildman–Crippen LogP) is 1.76. The molecule has 2 heterocycles. The van der Waals surface area contributed by atoms with E-state index in [0.29, 0.717) is 17.3 Å². The van der Waals surface area contributed by atoms with Gasteiger partial charge in [0.25, 0.3) is 5.56 Å². The van der Waals surface area contributed by atoms with Crippen LogP contribution in [0.3, 0.4) is 0 Å². The van der Waals surface area contributed by atoms with Crippen LogP contribution in [0, 0.1) is 0 Å². The summed E-state index contributed by atoms with van der Waals surface area (Å²) in [5.41, 5.74) is -0.157. The lowest BCUT2D eigenvalue weighted by molar-refractivity contribution is -0.133. The molecule has 24 heavy (non-hydrogen) atoms. The van der Waals surface area contributed by atoms with Crippen molar-refractivity contribution < 1.29 is 4.79 Å². The third-order valence-electron chi connectivity index (χ3n) is 4.79. The number of carbonyl (C=O) groups is 1. The third kappa shape index (κ3) is 2.56. The second kappa shape index (κ2) is 6.63. The number of carbonyl (C=O) groups excluding carboxylic acids is 1. The van der Waals surface area contributed by atoms with Crippen LogP contribution >= 0.6 is 0 Å². The molecule has 6 heteroatoms. The zero-order valence-corrected chi connectivity index (χ0v) is 14.2. The number of amides is 1. The molecule has 1 aromatic heterocycles. The molecule has 1 aliphatic rings. The van der Waals surface area contributed by atoms with Crippen molar-refractivity contribution >= 4 is 16.8 Å². The molecule has 0 unspecified atom stereocenters. The molecule has 2 aromatic rings. The van der Waals surface area contributed by atoms with E-state index in [9.17, 15) is 14.4 Å². The Balaban J connectivity index is 2.25. The molecule has 0 saturated carbocycles. The number of hydrogen-bond acceptors (Lipinski definition) is 3. The monoisotopic (exact) mass is 329 g/mol. The van der Waals surface area contributed by atoms with Crippen LogP contribution in [0.15, 0.2) is 33.9 Å². The fourth-order valence-electron chi connectivity index (χ4n) is 3.53. The first kappa shape index (κ1) is 16.5. The average molecular weight is 329 g/mol. The van der Waals surface area contributed by atoms with Crippen LogP contribution in [0.5, 0.6) is 0 Å². The number of fused-ring (bicyclic) bond motifs is 1. The summed E-state index contributed by atoms with van der Waals surface area (Å²) in [4.78, 5) is 40.2. The van der Waals surface area contributed by atoms with E-state index in [4.69, 9.17) is 0 Å². The standard InChI is InChI=1S/C18H23N3O3/c1-3-14(17(23)19-11-7-8-12-19)21-15-10-6-5-9-13(15)16(22)20(4-2)18(21)24/h5-6,9-10,14H,3-4,7-8,11-12H2,1-2H3/t14-/m0/s1. The van der Waals surface area contributed by atoms with Crippen molar-refractivity contribution in [3.05, 3.63) is 45.1 Å². The van der Waals surface area contributed by atoms with Gasteiger partial charge in [0.2, 0.25) is 5.91 Å². The normalized spacial score (nSPS) is 15.8. The number of rotatable bonds is 4. The smallest absolute Gasteiger partial charge is 0.332 e. The van der Waals surface area contributed by atoms with Crippen LogP contribution in [0.1, 0.15) is 39.2 Å². The predicted molar refractivity (Wildman–Crippen MR) is 93.3 cm³/mol. The molecule has 0 spiro atoms. The Labute approximate surface area is 140 Å². The second-order valence-corrected chi connectivity index (χ2v) is 6.18. The lowest BCUT2D eigenvalue weighted by atomic mass is 10.1. The Kier molecular flexibility index (Phi) is 4.55. The van der Waals surface area contributed by atoms with Crippen LogP contribution in [-0.2, 0) is 11.3 Å². The summed E-state index contributed by atoms with van der Waals surface area (Å²) < 4.78 is 2.73. The summed E-state index contributed by atoms with van der Waals surface area (Å²) in [5, 5.41) is 0.478. The van der Waals surface area contributed by atoms with Gasteiger partial charge in [0.15, 0.2) is 0 Å². The molecule has 1 aliphatic heterocycles. The molecule has 1 aromatic carbocycles. The average Bonchev–Trinajstić information content (AvgIpc) is 3.13. The van der Waals surface area contributed by atoms with Gasteiger partial charge in [0.05, 0.1) is 10.9 Å². The zero-order valence-electron chi connectivity index (χ0n) is 14.2. The summed E-state index contributed by atoms with van der Waals surface area (Å²) in [6, 6.07) is 6.46. The molecule has 0 bridgehead atoms. The number of para-hydroxylation sites is 1. The topological polar surface area (TPSA) is 64.3 Å². The minimum atomic E-state index is -0.570. The van der Waals surface area contributed by atoms with E-state index in [1.165, 1.54) is 9.13 Å². The van der Waals surface area contributed by atoms with E-state index < -0.39 is 11.7 Å². The Hall–Kier alpha value is -2.37. The highest BCUT2D eigenvalue weighted by molar-refractivity contribution is 5.84. The number of benzene rings is 1. The highest BCUT2D eigenvalue weighted by atomic mass is 16.2. The van der Waals surface area contributed by atoms with Crippen LogP contribution in [-0.4, -0.2) is 33.0 Å². The summed E-state index contributed by atoms with van der Waals surface area (Å²) in [6.07, 6.45) is 2.53. The Morgan fingerprint density at radius 2 is 1.79 bits per heavy atom. The van der Waals surface area contributed by atoms with E-state index in [1.54, 1.807) is 31.2 Å². The number of likely N-dealkylation sites (tertiary alicyclic amines) is 1. The molecule has 1 atom stereocenters. The van der Waals surface area contributed by atoms with E-state index in [0.717, 1.165) is 25.9 Å². The molecule has 1 saturated heterocycles. The van der Waals surface area contributed by atoms with Gasteiger partial charge >= 0.3 is 5.69 Å². The molecule has 0 radical (unpaired) electrons. The first-order chi connectivity index (χ1) is 11.6. The molecule has 128 valence electrons. The maximum Gasteiger partial charge on any atom is 0.332 e. The van der Waals surface area contributed by atoms with Crippen molar-refractivity contribution in [1.29, 1.82) is 0 Å². The van der Waals surface area contributed by atoms with Gasteiger partial charge in [-0.25, -0.2) is 4.79 Å². The SMILES string of the molecule is CC[C@@H](C(=O)N1CCCC1)n1c(=O)n(CC)c(=O)c2ccccc21. The van der Waals surface area contributed by atoms with Gasteiger partial charge in [-0.15, -0.1) is 0 Å². The summed E-state index contributed by atoms with van der Waals surface area (Å²) in [5.74, 6) is -0.0245. The fraction of sp³-hybridized carbons (Fsp3) is 0.500. The van der Waals surface area contributed by atoms with Gasteiger partial charge in [-0.05, 0) is 38.3 Å². The first-order valence-electron chi connectivity index (χ1n) is 8.63. The summed E-state index contributed by atoms with van der Waals surface area (Å²) >= 11 is 0. The lowest BCUT2D eigenvalue weighted by Gasteiger charge is -2.25. The van der Waals surface area contributed by atoms with Gasteiger partial charge in [-0.1, -0.05) is 19.1 Å². The van der Waals surface area contributed by atoms with E-state index in [2.05, 4.69) is 0 Å². The quantitative estimate of drug-likeness (QED) is 0.858. The molecule has 0 N–H and O–H groups in total. The van der Waals surface area contributed by atoms with Crippen LogP contribution in [0.2, 0.25) is 0 Å². The van der Waals surface area contributed by atoms with Gasteiger partial charge in [0.1, 0.15) is 6.04 Å². The highest BCUT2D eigenvalue weighted by Crippen LogP contribution is 2.21. The van der Waals surface area contributed by atoms with Crippen molar-refractivity contribution in [2.24, 2.45) is 0 Å².